The highest BCUT2D eigenvalue weighted by Gasteiger charge is 2.33. The number of aryl methyl sites for hydroxylation is 1. The smallest absolute Gasteiger partial charge is 0.146 e. The van der Waals surface area contributed by atoms with Gasteiger partial charge in [-0.05, 0) is 54.8 Å². The Hall–Kier alpha value is -1.35. The maximum atomic E-state index is 13.9. The second kappa shape index (κ2) is 4.73. The molecule has 0 spiro atoms. The molecule has 0 saturated heterocycles. The minimum absolute atomic E-state index is 0.155. The molecule has 1 saturated carbocycles. The molecule has 18 heavy (non-hydrogen) atoms. The predicted octanol–water partition coefficient (Wildman–Crippen LogP) is 4.76. The third kappa shape index (κ3) is 2.41. The van der Waals surface area contributed by atoms with Crippen molar-refractivity contribution < 1.29 is 4.39 Å². The summed E-state index contributed by atoms with van der Waals surface area (Å²) < 4.78 is 13.9. The summed E-state index contributed by atoms with van der Waals surface area (Å²) in [5.41, 5.74) is 1.57. The van der Waals surface area contributed by atoms with Crippen molar-refractivity contribution >= 4 is 17.0 Å². The molecule has 1 nitrogen and oxygen atoms in total. The number of rotatable bonds is 4. The first-order valence-electron chi connectivity index (χ1n) is 6.30. The number of nitrogens with one attached hydrogen (secondary N) is 1. The van der Waals surface area contributed by atoms with Crippen molar-refractivity contribution in [2.45, 2.75) is 25.8 Å². The average molecular weight is 261 g/mol. The first kappa shape index (κ1) is 11.7. The molecule has 3 heteroatoms. The predicted molar refractivity (Wildman–Crippen MR) is 74.5 cm³/mol. The molecule has 3 rings (SSSR count). The molecular formula is C15H16FNS. The highest BCUT2D eigenvalue weighted by atomic mass is 32.1. The van der Waals surface area contributed by atoms with Crippen molar-refractivity contribution in [2.75, 3.05) is 5.32 Å². The van der Waals surface area contributed by atoms with Gasteiger partial charge in [0.15, 0.2) is 0 Å². The molecule has 1 unspecified atom stereocenters. The van der Waals surface area contributed by atoms with E-state index in [1.165, 1.54) is 17.7 Å². The van der Waals surface area contributed by atoms with Crippen LogP contribution >= 0.6 is 11.3 Å². The van der Waals surface area contributed by atoms with Crippen LogP contribution in [-0.4, -0.2) is 0 Å². The number of benzene rings is 1. The fourth-order valence-corrected chi connectivity index (χ4v) is 3.09. The van der Waals surface area contributed by atoms with Crippen molar-refractivity contribution in [1.82, 2.24) is 0 Å². The lowest BCUT2D eigenvalue weighted by molar-refractivity contribution is 0.617. The summed E-state index contributed by atoms with van der Waals surface area (Å²) >= 11 is 1.74. The van der Waals surface area contributed by atoms with Crippen molar-refractivity contribution in [3.8, 4) is 0 Å². The van der Waals surface area contributed by atoms with E-state index in [0.29, 0.717) is 11.6 Å². The van der Waals surface area contributed by atoms with E-state index >= 15 is 0 Å². The molecule has 2 aromatic rings. The van der Waals surface area contributed by atoms with Gasteiger partial charge < -0.3 is 5.32 Å². The van der Waals surface area contributed by atoms with E-state index in [9.17, 15) is 4.39 Å². The average Bonchev–Trinajstić information content (AvgIpc) is 3.03. The van der Waals surface area contributed by atoms with Gasteiger partial charge in [0.1, 0.15) is 5.82 Å². The van der Waals surface area contributed by atoms with Gasteiger partial charge >= 0.3 is 0 Å². The van der Waals surface area contributed by atoms with Crippen LogP contribution in [-0.2, 0) is 0 Å². The van der Waals surface area contributed by atoms with Gasteiger partial charge in [0.05, 0.1) is 11.7 Å². The highest BCUT2D eigenvalue weighted by molar-refractivity contribution is 7.10. The summed E-state index contributed by atoms with van der Waals surface area (Å²) in [7, 11) is 0. The zero-order chi connectivity index (χ0) is 12.5. The Labute approximate surface area is 111 Å². The number of thiophene rings is 1. The van der Waals surface area contributed by atoms with Crippen LogP contribution in [0.2, 0.25) is 0 Å². The first-order chi connectivity index (χ1) is 8.74. The molecule has 1 aliphatic carbocycles. The van der Waals surface area contributed by atoms with Gasteiger partial charge in [0.25, 0.3) is 0 Å². The molecule has 1 fully saturated rings. The van der Waals surface area contributed by atoms with Gasteiger partial charge in [-0.3, -0.25) is 0 Å². The summed E-state index contributed by atoms with van der Waals surface area (Å²) in [5, 5.41) is 5.46. The zero-order valence-electron chi connectivity index (χ0n) is 10.3. The van der Waals surface area contributed by atoms with E-state index in [-0.39, 0.29) is 11.9 Å². The molecule has 94 valence electrons. The molecule has 0 amide bonds. The Balaban J connectivity index is 1.84. The first-order valence-corrected chi connectivity index (χ1v) is 7.18. The maximum absolute atomic E-state index is 13.9. The molecule has 1 aromatic heterocycles. The Bertz CT molecular complexity index is 531. The van der Waals surface area contributed by atoms with Gasteiger partial charge in [-0.2, -0.15) is 0 Å². The molecule has 1 aliphatic rings. The number of hydrogen-bond acceptors (Lipinski definition) is 2. The standard InChI is InChI=1S/C15H16FNS/c1-10-4-7-13(12(16)9-10)17-15(11-5-6-11)14-3-2-8-18-14/h2-4,7-9,11,15,17H,5-6H2,1H3. The van der Waals surface area contributed by atoms with Crippen molar-refractivity contribution in [2.24, 2.45) is 5.92 Å². The molecule has 1 heterocycles. The normalized spacial score (nSPS) is 16.6. The topological polar surface area (TPSA) is 12.0 Å². The zero-order valence-corrected chi connectivity index (χ0v) is 11.1. The van der Waals surface area contributed by atoms with Crippen LogP contribution in [0.4, 0.5) is 10.1 Å². The van der Waals surface area contributed by atoms with Crippen LogP contribution in [0, 0.1) is 18.7 Å². The Morgan fingerprint density at radius 3 is 2.78 bits per heavy atom. The minimum atomic E-state index is -0.155. The van der Waals surface area contributed by atoms with Crippen LogP contribution in [0.1, 0.15) is 29.3 Å². The van der Waals surface area contributed by atoms with E-state index in [0.717, 1.165) is 5.56 Å². The number of halogens is 1. The van der Waals surface area contributed by atoms with E-state index < -0.39 is 0 Å². The van der Waals surface area contributed by atoms with Gasteiger partial charge in [0, 0.05) is 4.88 Å². The van der Waals surface area contributed by atoms with Gasteiger partial charge in [-0.1, -0.05) is 12.1 Å². The molecule has 1 N–H and O–H groups in total. The number of anilines is 1. The third-order valence-electron chi connectivity index (χ3n) is 3.38. The molecule has 0 bridgehead atoms. The van der Waals surface area contributed by atoms with E-state index in [4.69, 9.17) is 0 Å². The van der Waals surface area contributed by atoms with Crippen LogP contribution in [0.15, 0.2) is 35.7 Å². The largest absolute Gasteiger partial charge is 0.375 e. The third-order valence-corrected chi connectivity index (χ3v) is 4.33. The monoisotopic (exact) mass is 261 g/mol. The van der Waals surface area contributed by atoms with E-state index in [2.05, 4.69) is 22.8 Å². The Morgan fingerprint density at radius 2 is 2.17 bits per heavy atom. The van der Waals surface area contributed by atoms with Gasteiger partial charge in [-0.15, -0.1) is 11.3 Å². The van der Waals surface area contributed by atoms with Crippen LogP contribution in [0.5, 0.6) is 0 Å². The molecule has 1 atom stereocenters. The lowest BCUT2D eigenvalue weighted by Crippen LogP contribution is -2.12. The van der Waals surface area contributed by atoms with E-state index in [1.54, 1.807) is 17.4 Å². The fraction of sp³-hybridized carbons (Fsp3) is 0.333. The second-order valence-corrected chi connectivity index (χ2v) is 5.94. The van der Waals surface area contributed by atoms with Gasteiger partial charge in [-0.25, -0.2) is 4.39 Å². The summed E-state index contributed by atoms with van der Waals surface area (Å²) in [5.74, 6) is 0.501. The second-order valence-electron chi connectivity index (χ2n) is 4.96. The van der Waals surface area contributed by atoms with Gasteiger partial charge in [0.2, 0.25) is 0 Å². The summed E-state index contributed by atoms with van der Waals surface area (Å²) in [6, 6.07) is 9.83. The maximum Gasteiger partial charge on any atom is 0.146 e. The Kier molecular flexibility index (Phi) is 3.08. The molecule has 0 radical (unpaired) electrons. The molecule has 1 aromatic carbocycles. The quantitative estimate of drug-likeness (QED) is 0.836. The Morgan fingerprint density at radius 1 is 1.33 bits per heavy atom. The number of hydrogen-bond donors (Lipinski definition) is 1. The minimum Gasteiger partial charge on any atom is -0.375 e. The SMILES string of the molecule is Cc1ccc(NC(c2cccs2)C2CC2)c(F)c1. The molecule has 0 aliphatic heterocycles. The highest BCUT2D eigenvalue weighted by Crippen LogP contribution is 2.44. The molecular weight excluding hydrogens is 245 g/mol. The fourth-order valence-electron chi connectivity index (χ4n) is 2.22. The summed E-state index contributed by atoms with van der Waals surface area (Å²) in [6.07, 6.45) is 2.48. The van der Waals surface area contributed by atoms with Crippen molar-refractivity contribution in [1.29, 1.82) is 0 Å². The lowest BCUT2D eigenvalue weighted by Gasteiger charge is -2.19. The van der Waals surface area contributed by atoms with Crippen molar-refractivity contribution in [3.63, 3.8) is 0 Å². The van der Waals surface area contributed by atoms with E-state index in [1.807, 2.05) is 19.1 Å². The van der Waals surface area contributed by atoms with Crippen molar-refractivity contribution in [3.05, 3.63) is 52.0 Å². The van der Waals surface area contributed by atoms with Crippen LogP contribution < -0.4 is 5.32 Å². The summed E-state index contributed by atoms with van der Waals surface area (Å²) in [6.45, 7) is 1.91. The van der Waals surface area contributed by atoms with Crippen LogP contribution in [0.25, 0.3) is 0 Å². The summed E-state index contributed by atoms with van der Waals surface area (Å²) in [4.78, 5) is 1.30. The lowest BCUT2D eigenvalue weighted by atomic mass is 10.1. The van der Waals surface area contributed by atoms with Crippen LogP contribution in [0.3, 0.4) is 0 Å².